The van der Waals surface area contributed by atoms with Crippen LogP contribution in [-0.2, 0) is 37.4 Å². The van der Waals surface area contributed by atoms with E-state index in [4.69, 9.17) is 37.9 Å². The second-order valence-electron chi connectivity index (χ2n) is 17.2. The first-order valence-corrected chi connectivity index (χ1v) is 21.3. The highest BCUT2D eigenvalue weighted by Crippen LogP contribution is 2.63. The quantitative estimate of drug-likeness (QED) is 0.175. The van der Waals surface area contributed by atoms with Gasteiger partial charge in [0.2, 0.25) is 6.79 Å². The lowest BCUT2D eigenvalue weighted by Crippen LogP contribution is -2.69. The smallest absolute Gasteiger partial charge is 0.504 e. The molecule has 2 fully saturated rings. The lowest BCUT2D eigenvalue weighted by Gasteiger charge is -2.59. The number of hydrogen-bond donors (Lipinski definition) is 3. The van der Waals surface area contributed by atoms with E-state index < -0.39 is 58.7 Å². The molecule has 0 saturated carbocycles. The maximum atomic E-state index is 15.0. The van der Waals surface area contributed by atoms with Gasteiger partial charge in [0.05, 0.1) is 37.6 Å². The molecule has 0 aliphatic carbocycles. The number of hydrogen-bond acceptors (Lipinski definition) is 17. The van der Waals surface area contributed by atoms with Crippen molar-refractivity contribution in [2.75, 3.05) is 39.9 Å². The van der Waals surface area contributed by atoms with Gasteiger partial charge in [-0.05, 0) is 81.8 Å². The van der Waals surface area contributed by atoms with E-state index in [0.717, 1.165) is 16.7 Å². The number of fused-ring (bicyclic) bond motifs is 9. The summed E-state index contributed by atoms with van der Waals surface area (Å²) >= 11 is 1.44. The number of rotatable bonds is 4. The highest BCUT2D eigenvalue weighted by molar-refractivity contribution is 7.99. The number of esters is 2. The number of ether oxygens (including phenoxy) is 8. The first kappa shape index (κ1) is 41.0. The third-order valence-electron chi connectivity index (χ3n) is 12.5. The molecule has 7 heterocycles. The van der Waals surface area contributed by atoms with Crippen LogP contribution in [0.5, 0.6) is 40.2 Å². The van der Waals surface area contributed by atoms with E-state index in [1.165, 1.54) is 32.9 Å². The summed E-state index contributed by atoms with van der Waals surface area (Å²) in [6.07, 6.45) is 0.0329. The largest absolute Gasteiger partial charge is 0.514 e. The summed E-state index contributed by atoms with van der Waals surface area (Å²) in [5.74, 6) is 0.847. The van der Waals surface area contributed by atoms with Crippen LogP contribution in [-0.4, -0.2) is 91.7 Å². The van der Waals surface area contributed by atoms with E-state index >= 15 is 0 Å². The summed E-state index contributed by atoms with van der Waals surface area (Å²) in [7, 11) is 2.97. The number of nitrogens with one attached hydrogen (secondary N) is 2. The fraction of sp³-hybridized carbons (Fsp3) is 0.500. The van der Waals surface area contributed by atoms with Crippen LogP contribution in [0.15, 0.2) is 18.2 Å². The molecule has 7 aliphatic heterocycles. The number of phenols is 1. The van der Waals surface area contributed by atoms with E-state index in [1.807, 2.05) is 19.9 Å². The summed E-state index contributed by atoms with van der Waals surface area (Å²) in [5, 5.41) is 29.7. The summed E-state index contributed by atoms with van der Waals surface area (Å²) < 4.78 is 47.4. The van der Waals surface area contributed by atoms with Gasteiger partial charge in [-0.3, -0.25) is 15.0 Å². The van der Waals surface area contributed by atoms with Gasteiger partial charge in [-0.25, -0.2) is 9.59 Å². The molecule has 322 valence electrons. The Labute approximate surface area is 357 Å². The molecule has 3 aromatic carbocycles. The van der Waals surface area contributed by atoms with Crippen LogP contribution in [0.25, 0.3) is 0 Å². The zero-order valence-electron chi connectivity index (χ0n) is 35.2. The molecule has 3 N–H and O–H groups in total. The average molecular weight is 857 g/mol. The normalized spacial score (nSPS) is 27.0. The van der Waals surface area contributed by atoms with Crippen molar-refractivity contribution < 1.29 is 57.4 Å². The highest BCUT2D eigenvalue weighted by atomic mass is 32.2. The molecular formula is C44H48N4O12S. The Morgan fingerprint density at radius 2 is 1.77 bits per heavy atom. The van der Waals surface area contributed by atoms with Crippen molar-refractivity contribution in [3.63, 3.8) is 0 Å². The fourth-order valence-electron chi connectivity index (χ4n) is 10.2. The maximum Gasteiger partial charge on any atom is 0.514 e. The lowest BCUT2D eigenvalue weighted by atomic mass is 9.72. The molecular weight excluding hydrogens is 809 g/mol. The van der Waals surface area contributed by atoms with Crippen LogP contribution in [0.2, 0.25) is 0 Å². The van der Waals surface area contributed by atoms with Gasteiger partial charge in [0.15, 0.2) is 40.0 Å². The van der Waals surface area contributed by atoms with Crippen molar-refractivity contribution in [1.82, 2.24) is 15.5 Å². The molecule has 7 aliphatic rings. The highest BCUT2D eigenvalue weighted by Gasteiger charge is 2.60. The van der Waals surface area contributed by atoms with Crippen molar-refractivity contribution in [2.24, 2.45) is 0 Å². The summed E-state index contributed by atoms with van der Waals surface area (Å²) in [6, 6.07) is 4.94. The van der Waals surface area contributed by atoms with Gasteiger partial charge >= 0.3 is 18.1 Å². The number of aryl methyl sites for hydroxylation is 1. The average Bonchev–Trinajstić information content (AvgIpc) is 3.70. The van der Waals surface area contributed by atoms with Gasteiger partial charge in [0, 0.05) is 53.6 Å². The number of carbonyl (C=O) groups excluding carboxylic acids is 3. The summed E-state index contributed by atoms with van der Waals surface area (Å²) in [5.41, 5.74) is 3.21. The number of thioether (sulfide) groups is 1. The predicted molar refractivity (Wildman–Crippen MR) is 219 cm³/mol. The first-order chi connectivity index (χ1) is 29.1. The van der Waals surface area contributed by atoms with Crippen LogP contribution in [0.1, 0.15) is 89.5 Å². The zero-order valence-corrected chi connectivity index (χ0v) is 36.0. The molecule has 0 radical (unpaired) electrons. The number of carbonyl (C=O) groups is 3. The zero-order chi connectivity index (χ0) is 43.3. The monoisotopic (exact) mass is 856 g/mol. The predicted octanol–water partition coefficient (Wildman–Crippen LogP) is 5.25. The lowest BCUT2D eigenvalue weighted by molar-refractivity contribution is -0.155. The Morgan fingerprint density at radius 3 is 2.48 bits per heavy atom. The van der Waals surface area contributed by atoms with Crippen LogP contribution in [0.3, 0.4) is 0 Å². The SMILES string of the molecule is COc1cc2c(cc1OC(=O)OC(C)(C)C)CCN[C@]21CS[C@@H]2c3c(OC(C)=O)c(C)c4c(c3[C@H](COC1=O)N1C2[C@H]2N[C@@H](Cc3cc(C)c(OC)c(O)c32)[C@@H]1C#N)OCO4. The molecule has 1 unspecified atom stereocenters. The number of nitrogens with zero attached hydrogens (tertiary/aromatic N) is 2. The minimum absolute atomic E-state index is 0.00588. The number of piperazine rings is 1. The molecule has 61 heavy (non-hydrogen) atoms. The van der Waals surface area contributed by atoms with Gasteiger partial charge in [-0.15, -0.1) is 11.8 Å². The second-order valence-corrected chi connectivity index (χ2v) is 18.3. The van der Waals surface area contributed by atoms with E-state index in [0.29, 0.717) is 70.2 Å². The number of aromatic hydroxyl groups is 1. The number of phenolic OH excluding ortho intramolecular Hbond substituents is 1. The minimum atomic E-state index is -1.45. The van der Waals surface area contributed by atoms with Crippen LogP contribution < -0.4 is 39.1 Å². The second kappa shape index (κ2) is 14.9. The van der Waals surface area contributed by atoms with Crippen molar-refractivity contribution in [1.29, 1.82) is 5.26 Å². The van der Waals surface area contributed by atoms with Crippen LogP contribution in [0.4, 0.5) is 4.79 Å². The molecule has 16 nitrogen and oxygen atoms in total. The van der Waals surface area contributed by atoms with Crippen LogP contribution >= 0.6 is 11.8 Å². The molecule has 17 heteroatoms. The van der Waals surface area contributed by atoms with Crippen molar-refractivity contribution in [3.8, 4) is 46.3 Å². The molecule has 4 bridgehead atoms. The number of methoxy groups -OCH3 is 2. The third-order valence-corrected chi connectivity index (χ3v) is 14.0. The van der Waals surface area contributed by atoms with Gasteiger partial charge in [-0.1, -0.05) is 6.07 Å². The Hall–Kier alpha value is -5.41. The third kappa shape index (κ3) is 6.40. The summed E-state index contributed by atoms with van der Waals surface area (Å²) in [6.45, 7) is 10.3. The first-order valence-electron chi connectivity index (χ1n) is 20.2. The van der Waals surface area contributed by atoms with E-state index in [-0.39, 0.29) is 42.4 Å². The minimum Gasteiger partial charge on any atom is -0.504 e. The van der Waals surface area contributed by atoms with Crippen molar-refractivity contribution in [2.45, 2.75) is 101 Å². The molecule has 10 rings (SSSR count). The van der Waals surface area contributed by atoms with Gasteiger partial charge in [0.1, 0.15) is 24.0 Å². The van der Waals surface area contributed by atoms with Crippen molar-refractivity contribution >= 4 is 29.9 Å². The Balaban J connectivity index is 1.25. The Morgan fingerprint density at radius 1 is 1.00 bits per heavy atom. The molecule has 2 saturated heterocycles. The molecule has 0 amide bonds. The molecule has 1 spiro atoms. The van der Waals surface area contributed by atoms with Gasteiger partial charge in [0.25, 0.3) is 0 Å². The van der Waals surface area contributed by atoms with Crippen LogP contribution in [0, 0.1) is 25.2 Å². The topological polar surface area (TPSA) is 196 Å². The van der Waals surface area contributed by atoms with Crippen molar-refractivity contribution in [3.05, 3.63) is 62.7 Å². The van der Waals surface area contributed by atoms with E-state index in [2.05, 4.69) is 21.6 Å². The van der Waals surface area contributed by atoms with Gasteiger partial charge in [-0.2, -0.15) is 5.26 Å². The van der Waals surface area contributed by atoms with Gasteiger partial charge < -0.3 is 48.3 Å². The van der Waals surface area contributed by atoms with E-state index in [1.54, 1.807) is 32.9 Å². The fourth-order valence-corrected chi connectivity index (χ4v) is 11.9. The Kier molecular flexibility index (Phi) is 10.0. The Bertz CT molecular complexity index is 2430. The van der Waals surface area contributed by atoms with E-state index in [9.17, 15) is 24.8 Å². The number of benzene rings is 3. The number of nitriles is 1. The summed E-state index contributed by atoms with van der Waals surface area (Å²) in [4.78, 5) is 42.9. The standard InChI is InChI=1S/C44H48N4O12S/c1-19-11-23-12-25-26(15-45)48-27-16-55-41(51)44(24-14-28(53-7)29(13-22(24)9-10-46-44)59-42(52)60-43(4,5)6)17-61-40(34(48)33(47-25)30(23)35(50)36(19)54-8)32-31(27)39-38(56-18-57-39)20(2)37(32)58-21(3)49/h11,13-14,25-27,33-34,40,46-47,50H,9-10,12,16-18H2,1-8H3/t25-,26-,27-,33-,34?,40+,44+/m0/s1. The maximum absolute atomic E-state index is 15.0. The molecule has 7 atom stereocenters. The molecule has 0 aromatic heterocycles. The molecule has 3 aromatic rings.